The van der Waals surface area contributed by atoms with Crippen LogP contribution in [0.25, 0.3) is 0 Å². The van der Waals surface area contributed by atoms with Crippen molar-refractivity contribution in [3.05, 3.63) is 64.2 Å². The molecular formula is C24H31ClN2O3. The zero-order valence-electron chi connectivity index (χ0n) is 18.2. The lowest BCUT2D eigenvalue weighted by Gasteiger charge is -2.30. The van der Waals surface area contributed by atoms with Crippen molar-refractivity contribution in [3.63, 3.8) is 0 Å². The molecule has 2 amide bonds. The van der Waals surface area contributed by atoms with Gasteiger partial charge in [0.2, 0.25) is 5.91 Å². The van der Waals surface area contributed by atoms with Gasteiger partial charge in [-0.3, -0.25) is 9.59 Å². The van der Waals surface area contributed by atoms with Crippen LogP contribution in [0.2, 0.25) is 5.02 Å². The number of nitrogens with one attached hydrogen (secondary N) is 1. The van der Waals surface area contributed by atoms with Crippen molar-refractivity contribution in [1.29, 1.82) is 0 Å². The molecule has 0 saturated heterocycles. The predicted molar refractivity (Wildman–Crippen MR) is 121 cm³/mol. The maximum Gasteiger partial charge on any atom is 0.261 e. The van der Waals surface area contributed by atoms with Gasteiger partial charge in [0.1, 0.15) is 11.8 Å². The lowest BCUT2D eigenvalue weighted by Crippen LogP contribution is -2.50. The van der Waals surface area contributed by atoms with E-state index in [1.165, 1.54) is 0 Å². The van der Waals surface area contributed by atoms with E-state index in [1.807, 2.05) is 64.1 Å². The summed E-state index contributed by atoms with van der Waals surface area (Å²) < 4.78 is 5.78. The fourth-order valence-corrected chi connectivity index (χ4v) is 3.54. The first-order valence-corrected chi connectivity index (χ1v) is 10.7. The van der Waals surface area contributed by atoms with Gasteiger partial charge in [0.25, 0.3) is 5.91 Å². The highest BCUT2D eigenvalue weighted by atomic mass is 35.5. The second kappa shape index (κ2) is 11.6. The van der Waals surface area contributed by atoms with E-state index in [9.17, 15) is 9.59 Å². The summed E-state index contributed by atoms with van der Waals surface area (Å²) in [5.41, 5.74) is 2.92. The quantitative estimate of drug-likeness (QED) is 0.595. The Morgan fingerprint density at radius 3 is 2.37 bits per heavy atom. The van der Waals surface area contributed by atoms with Crippen LogP contribution in [-0.4, -0.2) is 35.9 Å². The molecule has 1 N–H and O–H groups in total. The Labute approximate surface area is 184 Å². The molecule has 0 aliphatic carbocycles. The fraction of sp³-hybridized carbons (Fsp3) is 0.417. The second-order valence-electron chi connectivity index (χ2n) is 7.44. The average molecular weight is 431 g/mol. The number of carbonyl (C=O) groups excluding carboxylic acids is 2. The third-order valence-corrected chi connectivity index (χ3v) is 5.16. The third kappa shape index (κ3) is 6.77. The average Bonchev–Trinajstić information content (AvgIpc) is 2.71. The molecule has 0 aromatic heterocycles. The Morgan fingerprint density at radius 2 is 1.77 bits per heavy atom. The highest BCUT2D eigenvalue weighted by molar-refractivity contribution is 6.31. The first kappa shape index (κ1) is 23.7. The summed E-state index contributed by atoms with van der Waals surface area (Å²) in [6, 6.07) is 12.6. The normalized spacial score (nSPS) is 11.6. The molecule has 0 spiro atoms. The minimum absolute atomic E-state index is 0.148. The Morgan fingerprint density at radius 1 is 1.10 bits per heavy atom. The number of amides is 2. The summed E-state index contributed by atoms with van der Waals surface area (Å²) in [5, 5.41) is 3.47. The smallest absolute Gasteiger partial charge is 0.261 e. The van der Waals surface area contributed by atoms with E-state index in [-0.39, 0.29) is 25.0 Å². The molecule has 0 aliphatic rings. The van der Waals surface area contributed by atoms with Crippen LogP contribution in [0.1, 0.15) is 43.4 Å². The number of rotatable bonds is 10. The highest BCUT2D eigenvalue weighted by Gasteiger charge is 2.29. The Balaban J connectivity index is 2.22. The molecule has 5 nitrogen and oxygen atoms in total. The van der Waals surface area contributed by atoms with Crippen LogP contribution in [0.3, 0.4) is 0 Å². The topological polar surface area (TPSA) is 58.6 Å². The molecular weight excluding hydrogens is 400 g/mol. The molecule has 2 rings (SSSR count). The van der Waals surface area contributed by atoms with Gasteiger partial charge in [-0.2, -0.15) is 0 Å². The maximum atomic E-state index is 13.2. The number of nitrogens with zero attached hydrogens (tertiary/aromatic N) is 1. The summed E-state index contributed by atoms with van der Waals surface area (Å²) in [5.74, 6) is 0.223. The van der Waals surface area contributed by atoms with Crippen molar-refractivity contribution in [3.8, 4) is 5.75 Å². The van der Waals surface area contributed by atoms with E-state index in [1.54, 1.807) is 11.0 Å². The van der Waals surface area contributed by atoms with Gasteiger partial charge in [-0.25, -0.2) is 0 Å². The lowest BCUT2D eigenvalue weighted by molar-refractivity contribution is -0.143. The minimum atomic E-state index is -0.594. The van der Waals surface area contributed by atoms with Gasteiger partial charge in [0.05, 0.1) is 0 Å². The first-order valence-electron chi connectivity index (χ1n) is 10.4. The molecule has 2 aromatic carbocycles. The monoisotopic (exact) mass is 430 g/mol. The van der Waals surface area contributed by atoms with Gasteiger partial charge in [-0.15, -0.1) is 0 Å². The number of hydrogen-bond acceptors (Lipinski definition) is 3. The summed E-state index contributed by atoms with van der Waals surface area (Å²) in [6.45, 7) is 8.52. The van der Waals surface area contributed by atoms with Crippen molar-refractivity contribution >= 4 is 23.4 Å². The van der Waals surface area contributed by atoms with E-state index >= 15 is 0 Å². The largest absolute Gasteiger partial charge is 0.484 e. The number of carbonyl (C=O) groups is 2. The van der Waals surface area contributed by atoms with Crippen LogP contribution >= 0.6 is 11.6 Å². The highest BCUT2D eigenvalue weighted by Crippen LogP contribution is 2.21. The van der Waals surface area contributed by atoms with Crippen molar-refractivity contribution in [2.45, 2.75) is 53.1 Å². The molecule has 0 saturated carbocycles. The van der Waals surface area contributed by atoms with Gasteiger partial charge in [0, 0.05) is 18.1 Å². The molecule has 0 heterocycles. The van der Waals surface area contributed by atoms with Gasteiger partial charge in [-0.05, 0) is 61.6 Å². The van der Waals surface area contributed by atoms with Gasteiger partial charge < -0.3 is 15.0 Å². The van der Waals surface area contributed by atoms with Crippen LogP contribution in [0.15, 0.2) is 42.5 Å². The molecule has 1 unspecified atom stereocenters. The summed E-state index contributed by atoms with van der Waals surface area (Å²) in [7, 11) is 0. The van der Waals surface area contributed by atoms with Crippen molar-refractivity contribution in [1.82, 2.24) is 10.2 Å². The summed E-state index contributed by atoms with van der Waals surface area (Å²) in [6.07, 6.45) is 1.33. The van der Waals surface area contributed by atoms with E-state index in [2.05, 4.69) is 5.32 Å². The Hall–Kier alpha value is -2.53. The van der Waals surface area contributed by atoms with Crippen LogP contribution in [-0.2, 0) is 16.1 Å². The zero-order chi connectivity index (χ0) is 22.1. The second-order valence-corrected chi connectivity index (χ2v) is 7.85. The number of halogens is 1. The molecule has 1 atom stereocenters. The molecule has 30 heavy (non-hydrogen) atoms. The van der Waals surface area contributed by atoms with Gasteiger partial charge in [-0.1, -0.05) is 49.7 Å². The van der Waals surface area contributed by atoms with Crippen molar-refractivity contribution < 1.29 is 14.3 Å². The van der Waals surface area contributed by atoms with Crippen LogP contribution in [0.5, 0.6) is 5.75 Å². The predicted octanol–water partition coefficient (Wildman–Crippen LogP) is 4.67. The maximum absolute atomic E-state index is 13.2. The summed E-state index contributed by atoms with van der Waals surface area (Å²) in [4.78, 5) is 27.5. The number of benzene rings is 2. The van der Waals surface area contributed by atoms with E-state index in [0.29, 0.717) is 23.7 Å². The van der Waals surface area contributed by atoms with Gasteiger partial charge >= 0.3 is 0 Å². The van der Waals surface area contributed by atoms with Crippen molar-refractivity contribution in [2.24, 2.45) is 0 Å². The van der Waals surface area contributed by atoms with E-state index in [0.717, 1.165) is 23.1 Å². The molecule has 0 radical (unpaired) electrons. The molecule has 162 valence electrons. The number of ether oxygens (including phenoxy) is 1. The SMILES string of the molecule is CCCNC(=O)C(CC)N(Cc1ccccc1Cl)C(=O)COc1cc(C)cc(C)c1. The van der Waals surface area contributed by atoms with Gasteiger partial charge in [0.15, 0.2) is 6.61 Å². The molecule has 0 aliphatic heterocycles. The molecule has 6 heteroatoms. The van der Waals surface area contributed by atoms with E-state index < -0.39 is 6.04 Å². The standard InChI is InChI=1S/C24H31ClN2O3/c1-5-11-26-24(29)22(6-2)27(15-19-9-7-8-10-21(19)25)23(28)16-30-20-13-17(3)12-18(4)14-20/h7-10,12-14,22H,5-6,11,15-16H2,1-4H3,(H,26,29). The van der Waals surface area contributed by atoms with Crippen LogP contribution < -0.4 is 10.1 Å². The first-order chi connectivity index (χ1) is 14.3. The fourth-order valence-electron chi connectivity index (χ4n) is 3.34. The molecule has 2 aromatic rings. The van der Waals surface area contributed by atoms with E-state index in [4.69, 9.17) is 16.3 Å². The summed E-state index contributed by atoms with van der Waals surface area (Å²) >= 11 is 6.32. The van der Waals surface area contributed by atoms with Crippen LogP contribution in [0, 0.1) is 13.8 Å². The minimum Gasteiger partial charge on any atom is -0.484 e. The third-order valence-electron chi connectivity index (χ3n) is 4.79. The zero-order valence-corrected chi connectivity index (χ0v) is 19.0. The Kier molecular flexibility index (Phi) is 9.18. The van der Waals surface area contributed by atoms with Crippen LogP contribution in [0.4, 0.5) is 0 Å². The molecule has 0 bridgehead atoms. The number of aryl methyl sites for hydroxylation is 2. The Bertz CT molecular complexity index is 849. The van der Waals surface area contributed by atoms with Crippen molar-refractivity contribution in [2.75, 3.05) is 13.2 Å². The lowest BCUT2D eigenvalue weighted by atomic mass is 10.1. The molecule has 0 fully saturated rings. The number of hydrogen-bond donors (Lipinski definition) is 1.